The summed E-state index contributed by atoms with van der Waals surface area (Å²) in [4.78, 5) is 3.77. The first kappa shape index (κ1) is 18.3. The molecular weight excluding hydrogens is 363 g/mol. The summed E-state index contributed by atoms with van der Waals surface area (Å²) < 4.78 is 38.0. The molecule has 0 aliphatic heterocycles. The summed E-state index contributed by atoms with van der Waals surface area (Å²) in [6.07, 6.45) is 3.29. The van der Waals surface area contributed by atoms with Crippen LogP contribution >= 0.6 is 11.6 Å². The number of alkyl halides is 3. The molecular formula is C19H17ClF3N3. The zero-order valence-corrected chi connectivity index (χ0v) is 14.5. The van der Waals surface area contributed by atoms with E-state index in [4.69, 9.17) is 11.6 Å². The number of pyridine rings is 1. The molecule has 1 aromatic carbocycles. The number of benzene rings is 1. The Labute approximate surface area is 154 Å². The van der Waals surface area contributed by atoms with Crippen LogP contribution < -0.4 is 10.9 Å². The third-order valence-corrected chi connectivity index (χ3v) is 4.26. The van der Waals surface area contributed by atoms with Gasteiger partial charge in [-0.1, -0.05) is 48.0 Å². The molecule has 26 heavy (non-hydrogen) atoms. The van der Waals surface area contributed by atoms with E-state index in [0.29, 0.717) is 0 Å². The number of hydrogen-bond acceptors (Lipinski definition) is 3. The van der Waals surface area contributed by atoms with Crippen LogP contribution in [0, 0.1) is 0 Å². The van der Waals surface area contributed by atoms with E-state index in [0.717, 1.165) is 48.4 Å². The van der Waals surface area contributed by atoms with Crippen LogP contribution in [0.2, 0.25) is 5.02 Å². The van der Waals surface area contributed by atoms with E-state index < -0.39 is 11.7 Å². The fourth-order valence-corrected chi connectivity index (χ4v) is 2.86. The van der Waals surface area contributed by atoms with Crippen molar-refractivity contribution in [3.05, 3.63) is 76.1 Å². The van der Waals surface area contributed by atoms with Crippen LogP contribution in [0.25, 0.3) is 6.08 Å². The van der Waals surface area contributed by atoms with E-state index in [1.807, 2.05) is 36.4 Å². The van der Waals surface area contributed by atoms with E-state index in [2.05, 4.69) is 21.9 Å². The average molecular weight is 380 g/mol. The molecule has 0 radical (unpaired) electrons. The minimum atomic E-state index is -4.47. The van der Waals surface area contributed by atoms with E-state index in [1.54, 1.807) is 0 Å². The van der Waals surface area contributed by atoms with E-state index in [9.17, 15) is 13.2 Å². The van der Waals surface area contributed by atoms with Gasteiger partial charge in [-0.3, -0.25) is 10.9 Å². The lowest BCUT2D eigenvalue weighted by Gasteiger charge is -2.20. The van der Waals surface area contributed by atoms with E-state index >= 15 is 0 Å². The Balaban J connectivity index is 1.74. The van der Waals surface area contributed by atoms with Crippen molar-refractivity contribution in [2.45, 2.75) is 25.4 Å². The normalized spacial score (nSPS) is 16.3. The molecule has 1 heterocycles. The van der Waals surface area contributed by atoms with Crippen molar-refractivity contribution < 1.29 is 13.2 Å². The number of nitrogens with one attached hydrogen (secondary N) is 2. The predicted octanol–water partition coefficient (Wildman–Crippen LogP) is 5.82. The number of rotatable bonds is 4. The molecule has 0 saturated carbocycles. The van der Waals surface area contributed by atoms with Crippen molar-refractivity contribution in [3.8, 4) is 0 Å². The number of halogens is 4. The lowest BCUT2D eigenvalue weighted by atomic mass is 9.96. The minimum Gasteiger partial charge on any atom is -0.300 e. The molecule has 0 saturated heterocycles. The highest BCUT2D eigenvalue weighted by molar-refractivity contribution is 6.32. The molecule has 0 unspecified atom stereocenters. The molecule has 0 spiro atoms. The first-order valence-electron chi connectivity index (χ1n) is 8.14. The molecule has 2 aromatic rings. The molecule has 3 nitrogen and oxygen atoms in total. The van der Waals surface area contributed by atoms with Gasteiger partial charge in [-0.05, 0) is 42.5 Å². The molecule has 0 bridgehead atoms. The minimum absolute atomic E-state index is 0.0997. The van der Waals surface area contributed by atoms with Gasteiger partial charge in [0.25, 0.3) is 0 Å². The van der Waals surface area contributed by atoms with Crippen molar-refractivity contribution in [2.24, 2.45) is 0 Å². The zero-order valence-electron chi connectivity index (χ0n) is 13.8. The molecule has 1 aliphatic rings. The molecule has 3 rings (SSSR count). The van der Waals surface area contributed by atoms with Crippen molar-refractivity contribution in [1.82, 2.24) is 10.4 Å². The fraction of sp³-hybridized carbons (Fsp3) is 0.211. The second-order valence-corrected chi connectivity index (χ2v) is 6.30. The third-order valence-electron chi connectivity index (χ3n) is 3.97. The van der Waals surface area contributed by atoms with Gasteiger partial charge in [-0.2, -0.15) is 13.2 Å². The van der Waals surface area contributed by atoms with Gasteiger partial charge >= 0.3 is 6.18 Å². The van der Waals surface area contributed by atoms with Gasteiger partial charge in [0.05, 0.1) is 16.3 Å². The second-order valence-electron chi connectivity index (χ2n) is 5.89. The lowest BCUT2D eigenvalue weighted by molar-refractivity contribution is -0.137. The maximum Gasteiger partial charge on any atom is 0.417 e. The van der Waals surface area contributed by atoms with Crippen molar-refractivity contribution in [2.75, 3.05) is 5.43 Å². The number of anilines is 1. The van der Waals surface area contributed by atoms with Crippen LogP contribution in [0.4, 0.5) is 19.0 Å². The van der Waals surface area contributed by atoms with Gasteiger partial charge in [0.15, 0.2) is 5.82 Å². The van der Waals surface area contributed by atoms with Gasteiger partial charge in [0.1, 0.15) is 0 Å². The zero-order chi connectivity index (χ0) is 18.6. The summed E-state index contributed by atoms with van der Waals surface area (Å²) in [7, 11) is 0. The summed E-state index contributed by atoms with van der Waals surface area (Å²) in [5.74, 6) is 0.144. The molecule has 136 valence electrons. The molecule has 7 heteroatoms. The smallest absolute Gasteiger partial charge is 0.300 e. The number of hydrogen-bond donors (Lipinski definition) is 2. The Hall–Kier alpha value is -2.47. The van der Waals surface area contributed by atoms with Crippen LogP contribution in [0.3, 0.4) is 0 Å². The third kappa shape index (κ3) is 4.58. The van der Waals surface area contributed by atoms with Gasteiger partial charge < -0.3 is 0 Å². The van der Waals surface area contributed by atoms with Crippen LogP contribution in [-0.2, 0) is 6.18 Å². The molecule has 0 atom stereocenters. The Kier molecular flexibility index (Phi) is 5.52. The van der Waals surface area contributed by atoms with Crippen LogP contribution in [0.15, 0.2) is 59.9 Å². The first-order valence-corrected chi connectivity index (χ1v) is 8.52. The van der Waals surface area contributed by atoms with Crippen LogP contribution in [0.1, 0.15) is 30.4 Å². The van der Waals surface area contributed by atoms with Gasteiger partial charge in [-0.15, -0.1) is 0 Å². The summed E-state index contributed by atoms with van der Waals surface area (Å²) in [5.41, 5.74) is 8.02. The van der Waals surface area contributed by atoms with Crippen molar-refractivity contribution in [3.63, 3.8) is 0 Å². The average Bonchev–Trinajstić information content (AvgIpc) is 2.62. The Morgan fingerprint density at radius 1 is 1.12 bits per heavy atom. The first-order chi connectivity index (χ1) is 12.4. The second kappa shape index (κ2) is 7.83. The Bertz CT molecular complexity index is 830. The van der Waals surface area contributed by atoms with Crippen LogP contribution in [0.5, 0.6) is 0 Å². The predicted molar refractivity (Wildman–Crippen MR) is 97.4 cm³/mol. The van der Waals surface area contributed by atoms with E-state index in [-0.39, 0.29) is 10.8 Å². The highest BCUT2D eigenvalue weighted by atomic mass is 35.5. The number of allylic oxidation sites excluding steroid dienone is 2. The molecule has 0 amide bonds. The van der Waals surface area contributed by atoms with E-state index in [1.165, 1.54) is 0 Å². The number of hydrazine groups is 1. The highest BCUT2D eigenvalue weighted by Gasteiger charge is 2.31. The SMILES string of the molecule is FC(F)(F)c1cnc(NNC2=CCCC/C2=C\c2ccccc2)c(Cl)c1. The summed E-state index contributed by atoms with van der Waals surface area (Å²) in [6.45, 7) is 0. The van der Waals surface area contributed by atoms with Crippen molar-refractivity contribution in [1.29, 1.82) is 0 Å². The van der Waals surface area contributed by atoms with Gasteiger partial charge in [-0.25, -0.2) is 4.98 Å². The van der Waals surface area contributed by atoms with Crippen molar-refractivity contribution >= 4 is 23.5 Å². The standard InChI is InChI=1S/C19H17ClF3N3/c20-16-11-15(19(21,22)23)12-24-18(16)26-25-17-9-5-4-8-14(17)10-13-6-2-1-3-7-13/h1-3,6-7,9-12,25H,4-5,8H2,(H,24,26)/b14-10+. The quantitative estimate of drug-likeness (QED) is 0.657. The summed E-state index contributed by atoms with van der Waals surface area (Å²) >= 11 is 5.92. The molecule has 0 fully saturated rings. The van der Waals surface area contributed by atoms with Gasteiger partial charge in [0, 0.05) is 6.20 Å². The molecule has 2 N–H and O–H groups in total. The maximum atomic E-state index is 12.7. The maximum absolute atomic E-state index is 12.7. The Morgan fingerprint density at radius 2 is 1.88 bits per heavy atom. The highest BCUT2D eigenvalue weighted by Crippen LogP contribution is 2.32. The van der Waals surface area contributed by atoms with Gasteiger partial charge in [0.2, 0.25) is 0 Å². The summed E-state index contributed by atoms with van der Waals surface area (Å²) in [5, 5.41) is -0.0997. The van der Waals surface area contributed by atoms with Crippen LogP contribution in [-0.4, -0.2) is 4.98 Å². The molecule has 1 aliphatic carbocycles. The topological polar surface area (TPSA) is 37.0 Å². The largest absolute Gasteiger partial charge is 0.417 e. The Morgan fingerprint density at radius 3 is 2.58 bits per heavy atom. The monoisotopic (exact) mass is 379 g/mol. The number of nitrogens with zero attached hydrogens (tertiary/aromatic N) is 1. The summed E-state index contributed by atoms with van der Waals surface area (Å²) in [6, 6.07) is 10.8. The molecule has 1 aromatic heterocycles. The fourth-order valence-electron chi connectivity index (χ4n) is 2.65. The lowest BCUT2D eigenvalue weighted by Crippen LogP contribution is -2.24. The number of aromatic nitrogens is 1.